The Morgan fingerprint density at radius 2 is 1.85 bits per heavy atom. The van der Waals surface area contributed by atoms with Crippen LogP contribution < -0.4 is 9.47 Å². The largest absolute Gasteiger partial charge is 0.573 e. The molecule has 2 saturated carbocycles. The molecule has 39 heavy (non-hydrogen) atoms. The summed E-state index contributed by atoms with van der Waals surface area (Å²) in [6.45, 7) is 3.68. The summed E-state index contributed by atoms with van der Waals surface area (Å²) >= 11 is 0. The van der Waals surface area contributed by atoms with Gasteiger partial charge >= 0.3 is 12.3 Å². The van der Waals surface area contributed by atoms with Crippen molar-refractivity contribution in [2.75, 3.05) is 13.1 Å². The molecule has 1 N–H and O–H groups in total. The van der Waals surface area contributed by atoms with Crippen LogP contribution in [0.3, 0.4) is 0 Å². The summed E-state index contributed by atoms with van der Waals surface area (Å²) in [7, 11) is 0. The molecule has 0 unspecified atom stereocenters. The number of nitrogens with zero attached hydrogens (tertiary/aromatic N) is 1. The Balaban J connectivity index is 1.14. The number of rotatable bonds is 8. The third kappa shape index (κ3) is 5.91. The average Bonchev–Trinajstić information content (AvgIpc) is 3.80. The number of fused-ring (bicyclic) bond motifs is 1. The Morgan fingerprint density at radius 1 is 1.10 bits per heavy atom. The monoisotopic (exact) mass is 543 g/mol. The van der Waals surface area contributed by atoms with Crippen LogP contribution in [0, 0.1) is 11.8 Å². The molecule has 6 rings (SSSR count). The molecule has 4 aliphatic rings. The van der Waals surface area contributed by atoms with Gasteiger partial charge in [-0.05, 0) is 97.9 Å². The topological polar surface area (TPSA) is 59.0 Å². The van der Waals surface area contributed by atoms with Gasteiger partial charge in [0, 0.05) is 25.2 Å². The van der Waals surface area contributed by atoms with Crippen LogP contribution >= 0.6 is 0 Å². The highest BCUT2D eigenvalue weighted by Crippen LogP contribution is 2.49. The second kappa shape index (κ2) is 10.0. The Kier molecular flexibility index (Phi) is 6.81. The first-order valence-electron chi connectivity index (χ1n) is 14.2. The van der Waals surface area contributed by atoms with Crippen molar-refractivity contribution >= 4 is 5.97 Å². The number of benzene rings is 2. The second-order valence-corrected chi connectivity index (χ2v) is 12.1. The number of carboxylic acids is 1. The summed E-state index contributed by atoms with van der Waals surface area (Å²) in [6.07, 6.45) is 3.00. The number of carboxylic acid groups (broad SMARTS) is 1. The van der Waals surface area contributed by atoms with E-state index in [9.17, 15) is 23.1 Å². The van der Waals surface area contributed by atoms with E-state index < -0.39 is 18.2 Å². The normalized spacial score (nSPS) is 22.6. The minimum Gasteiger partial charge on any atom is -0.487 e. The Bertz CT molecular complexity index is 1230. The van der Waals surface area contributed by atoms with Gasteiger partial charge in [-0.25, -0.2) is 0 Å². The van der Waals surface area contributed by atoms with Gasteiger partial charge in [0.1, 0.15) is 17.1 Å². The van der Waals surface area contributed by atoms with Gasteiger partial charge in [0.2, 0.25) is 0 Å². The molecule has 0 amide bonds. The molecule has 2 aromatic carbocycles. The van der Waals surface area contributed by atoms with Crippen molar-refractivity contribution in [3.8, 4) is 11.5 Å². The zero-order chi connectivity index (χ0) is 27.4. The minimum absolute atomic E-state index is 0.00404. The van der Waals surface area contributed by atoms with Gasteiger partial charge in [-0.2, -0.15) is 0 Å². The van der Waals surface area contributed by atoms with Gasteiger partial charge in [0.25, 0.3) is 0 Å². The van der Waals surface area contributed by atoms with Crippen LogP contribution in [0.5, 0.6) is 11.5 Å². The van der Waals surface area contributed by atoms with Crippen LogP contribution in [0.1, 0.15) is 86.0 Å². The number of aliphatic carboxylic acids is 1. The quantitative estimate of drug-likeness (QED) is 0.387. The first-order valence-corrected chi connectivity index (χ1v) is 14.2. The lowest BCUT2D eigenvalue weighted by Crippen LogP contribution is -2.49. The number of likely N-dealkylation sites (tertiary alicyclic amines) is 1. The van der Waals surface area contributed by atoms with E-state index in [2.05, 4.69) is 27.8 Å². The molecule has 0 radical (unpaired) electrons. The lowest BCUT2D eigenvalue weighted by atomic mass is 9.80. The van der Waals surface area contributed by atoms with E-state index in [1.807, 2.05) is 6.07 Å². The molecular weight excluding hydrogens is 507 g/mol. The van der Waals surface area contributed by atoms with E-state index in [1.54, 1.807) is 13.0 Å². The molecule has 1 spiro atoms. The van der Waals surface area contributed by atoms with Crippen LogP contribution in [0.25, 0.3) is 0 Å². The highest BCUT2D eigenvalue weighted by molar-refractivity contribution is 5.71. The maximum absolute atomic E-state index is 13.1. The molecule has 210 valence electrons. The fourth-order valence-corrected chi connectivity index (χ4v) is 6.63. The average molecular weight is 544 g/mol. The predicted octanol–water partition coefficient (Wildman–Crippen LogP) is 7.04. The van der Waals surface area contributed by atoms with Gasteiger partial charge in [-0.15, -0.1) is 13.2 Å². The molecule has 1 saturated heterocycles. The standard InChI is InChI=1S/C31H36F3NO4/c1-19(29(36)37)28(22-5-6-22)24-7-4-21-10-11-30(38-27(21)17-24)12-14-35(15-13-30)18-25-16-23(20-2-3-20)8-9-26(25)39-31(32,33)34/h4,7-9,16-17,19-20,22,28H,2-3,5-6,10-15,18H2,1H3,(H,36,37)/t19-,28-/m0/s1. The van der Waals surface area contributed by atoms with Crippen LogP contribution in [0.15, 0.2) is 36.4 Å². The zero-order valence-electron chi connectivity index (χ0n) is 22.3. The third-order valence-corrected chi connectivity index (χ3v) is 9.23. The van der Waals surface area contributed by atoms with E-state index in [1.165, 1.54) is 6.07 Å². The highest BCUT2D eigenvalue weighted by Gasteiger charge is 2.42. The maximum atomic E-state index is 13.1. The Labute approximate surface area is 227 Å². The van der Waals surface area contributed by atoms with Crippen LogP contribution in [-0.4, -0.2) is 41.0 Å². The second-order valence-electron chi connectivity index (χ2n) is 12.1. The molecule has 2 heterocycles. The number of halogens is 3. The number of carbonyl (C=O) groups is 1. The first-order chi connectivity index (χ1) is 18.6. The molecule has 3 fully saturated rings. The van der Waals surface area contributed by atoms with Crippen molar-refractivity contribution in [2.45, 2.75) is 88.6 Å². The molecule has 0 bridgehead atoms. The predicted molar refractivity (Wildman–Crippen MR) is 140 cm³/mol. The molecule has 5 nitrogen and oxygen atoms in total. The zero-order valence-corrected chi connectivity index (χ0v) is 22.3. The Morgan fingerprint density at radius 3 is 2.49 bits per heavy atom. The Hall–Kier alpha value is -2.74. The molecule has 2 aromatic rings. The minimum atomic E-state index is -4.72. The van der Waals surface area contributed by atoms with Gasteiger partial charge < -0.3 is 14.6 Å². The summed E-state index contributed by atoms with van der Waals surface area (Å²) in [5.74, 6) is 0.417. The van der Waals surface area contributed by atoms with Gasteiger partial charge in [-0.1, -0.05) is 31.2 Å². The summed E-state index contributed by atoms with van der Waals surface area (Å²) < 4.78 is 50.2. The molecule has 2 aliphatic carbocycles. The summed E-state index contributed by atoms with van der Waals surface area (Å²) in [5.41, 5.74) is 3.60. The van der Waals surface area contributed by atoms with Gasteiger partial charge in [0.05, 0.1) is 5.92 Å². The smallest absolute Gasteiger partial charge is 0.487 e. The summed E-state index contributed by atoms with van der Waals surface area (Å²) in [5, 5.41) is 9.68. The van der Waals surface area contributed by atoms with E-state index >= 15 is 0 Å². The number of hydrogen-bond donors (Lipinski definition) is 1. The van der Waals surface area contributed by atoms with Crippen LogP contribution in [-0.2, 0) is 17.8 Å². The third-order valence-electron chi connectivity index (χ3n) is 9.23. The van der Waals surface area contributed by atoms with Crippen molar-refractivity contribution < 1.29 is 32.5 Å². The van der Waals surface area contributed by atoms with Crippen molar-refractivity contribution in [3.63, 3.8) is 0 Å². The van der Waals surface area contributed by atoms with E-state index in [0.29, 0.717) is 23.9 Å². The highest BCUT2D eigenvalue weighted by atomic mass is 19.4. The summed E-state index contributed by atoms with van der Waals surface area (Å²) in [4.78, 5) is 14.0. The fraction of sp³-hybridized carbons (Fsp3) is 0.581. The van der Waals surface area contributed by atoms with Crippen molar-refractivity contribution in [1.29, 1.82) is 0 Å². The van der Waals surface area contributed by atoms with Gasteiger partial charge in [0.15, 0.2) is 0 Å². The number of hydrogen-bond acceptors (Lipinski definition) is 4. The molecule has 2 aliphatic heterocycles. The number of ether oxygens (including phenoxy) is 2. The van der Waals surface area contributed by atoms with Crippen molar-refractivity contribution in [3.05, 3.63) is 58.7 Å². The lowest BCUT2D eigenvalue weighted by molar-refractivity contribution is -0.275. The van der Waals surface area contributed by atoms with Crippen LogP contribution in [0.4, 0.5) is 13.2 Å². The number of piperidine rings is 1. The first kappa shape index (κ1) is 26.5. The molecular formula is C31H36F3NO4. The van der Waals surface area contributed by atoms with Crippen molar-refractivity contribution in [1.82, 2.24) is 4.90 Å². The van der Waals surface area contributed by atoms with E-state index in [4.69, 9.17) is 4.74 Å². The molecule has 2 atom stereocenters. The number of alkyl halides is 3. The SMILES string of the molecule is C[C@H](C(=O)O)[C@H](c1ccc2c(c1)OC1(CC2)CCN(Cc2cc(C3CC3)ccc2OC(F)(F)F)CC1)C1CC1. The fourth-order valence-electron chi connectivity index (χ4n) is 6.63. The number of aryl methyl sites for hydroxylation is 1. The molecule has 0 aromatic heterocycles. The van der Waals surface area contributed by atoms with E-state index in [-0.39, 0.29) is 17.3 Å². The maximum Gasteiger partial charge on any atom is 0.573 e. The van der Waals surface area contributed by atoms with Crippen LogP contribution in [0.2, 0.25) is 0 Å². The summed E-state index contributed by atoms with van der Waals surface area (Å²) in [6, 6.07) is 11.4. The molecule has 8 heteroatoms. The van der Waals surface area contributed by atoms with E-state index in [0.717, 1.165) is 86.9 Å². The van der Waals surface area contributed by atoms with Gasteiger partial charge in [-0.3, -0.25) is 9.69 Å². The lowest BCUT2D eigenvalue weighted by Gasteiger charge is -2.45. The van der Waals surface area contributed by atoms with Crippen molar-refractivity contribution in [2.24, 2.45) is 11.8 Å².